The van der Waals surface area contributed by atoms with Crippen molar-refractivity contribution < 1.29 is 46.8 Å². The normalized spacial score (nSPS) is 15.0. The minimum atomic E-state index is -0.328. The molecule has 25 rings (SSSR count). The molecule has 5 aliphatic rings. The molecule has 0 amide bonds. The molecule has 20 aromatic rings. The number of hydrogen-bond donors (Lipinski definition) is 5. The first kappa shape index (κ1) is 93.2. The van der Waals surface area contributed by atoms with Gasteiger partial charge < -0.3 is 0 Å². The van der Waals surface area contributed by atoms with Gasteiger partial charge in [-0.3, -0.25) is 41.5 Å². The largest absolute Gasteiger partial charge is 0.359 e. The van der Waals surface area contributed by atoms with Crippen LogP contribution in [0.3, 0.4) is 0 Å². The second kappa shape index (κ2) is 43.7. The van der Waals surface area contributed by atoms with Crippen molar-refractivity contribution in [3.05, 3.63) is 508 Å². The standard InChI is InChI=1S/C26H21N3O.C25H19N3O.3C24H18N4O/c30-26-23(17-20-12-6-2-7-13-20)28-25-22(16-19-10-4-1-5-11-19)27-24(18-29(25)26)21-14-8-3-9-15-21;29-25-21(16-18-10-4-1-5-11-18)27-24-23(20-14-8-3-9-15-20)26-22(17-28(24)25)19-12-6-2-7-13-19;29-24-20(14-17-8-3-1-4-9-17)27-23-22(18-10-5-2-6-11-18)26-21(16-28(23)24)19-12-7-13-25-15-19;29-24-20(15-17-7-3-1-4-8-17)27-23-22(19-9-5-2-6-10-19)26-21(16-28(23)24)18-11-13-25-14-12-18;29-24-20(15-17-7-3-1-4-8-17)27-23-22(19-11-13-25-14-12-19)26-21(16-28(23)24)18-9-5-2-6-10-18/h1-15,18,23H,16-17H2;1-15,17,21H,16H2;1-13,15-16,20H,14H2;2*1-14,16,20H,15H2/p+5. The Balaban J connectivity index is 0.000000107. The third kappa shape index (κ3) is 21.2. The molecule has 13 heterocycles. The van der Waals surface area contributed by atoms with E-state index in [1.54, 1.807) is 66.2 Å². The Hall–Kier alpha value is -19.2. The molecule has 0 bridgehead atoms. The van der Waals surface area contributed by atoms with Gasteiger partial charge in [-0.1, -0.05) is 364 Å². The van der Waals surface area contributed by atoms with E-state index < -0.39 is 0 Å². The molecule has 146 heavy (non-hydrogen) atoms. The maximum Gasteiger partial charge on any atom is 0.359 e. The zero-order chi connectivity index (χ0) is 98.9. The lowest BCUT2D eigenvalue weighted by atomic mass is 10.1. The van der Waals surface area contributed by atoms with Gasteiger partial charge in [0.25, 0.3) is 0 Å². The van der Waals surface area contributed by atoms with Gasteiger partial charge in [0.15, 0.2) is 53.0 Å². The summed E-state index contributed by atoms with van der Waals surface area (Å²) in [6.45, 7) is 0. The van der Waals surface area contributed by atoms with Gasteiger partial charge in [-0.05, 0) is 69.8 Å². The molecule has 5 unspecified atom stereocenters. The van der Waals surface area contributed by atoms with E-state index in [1.165, 1.54) is 5.56 Å². The third-order valence-electron chi connectivity index (χ3n) is 25.9. The summed E-state index contributed by atoms with van der Waals surface area (Å²) in [6, 6.07) is 130. The van der Waals surface area contributed by atoms with Gasteiger partial charge in [0, 0.05) is 126 Å². The summed E-state index contributed by atoms with van der Waals surface area (Å²) in [6.07, 6.45) is 23.4. The Morgan fingerprint density at radius 3 is 0.664 bits per heavy atom. The number of carbonyl (C=O) groups excluding carboxylic acids is 5. The number of nitrogens with zero attached hydrogens (tertiary/aromatic N) is 13. The van der Waals surface area contributed by atoms with E-state index in [4.69, 9.17) is 24.9 Å². The molecule has 12 aromatic carbocycles. The fraction of sp³-hybridized carbons (Fsp3) is 0.0894. The summed E-state index contributed by atoms with van der Waals surface area (Å²) >= 11 is 0. The van der Waals surface area contributed by atoms with Gasteiger partial charge in [0.1, 0.15) is 65.1 Å². The molecule has 23 nitrogen and oxygen atoms in total. The van der Waals surface area contributed by atoms with Crippen molar-refractivity contribution in [3.63, 3.8) is 0 Å². The van der Waals surface area contributed by atoms with Gasteiger partial charge in [-0.25, -0.2) is 48.9 Å². The minimum Gasteiger partial charge on any atom is -0.265 e. The summed E-state index contributed by atoms with van der Waals surface area (Å²) in [5, 5.41) is 17.1. The molecule has 0 fully saturated rings. The Labute approximate surface area is 844 Å². The number of hydrogen-bond acceptors (Lipinski definition) is 18. The van der Waals surface area contributed by atoms with Crippen molar-refractivity contribution >= 4 is 58.6 Å². The van der Waals surface area contributed by atoms with Crippen molar-refractivity contribution in [3.8, 4) is 101 Å². The Bertz CT molecular complexity index is 7270. The Morgan fingerprint density at radius 1 is 0.192 bits per heavy atom. The molecule has 8 aromatic heterocycles. The lowest BCUT2D eigenvalue weighted by Gasteiger charge is -2.07. The average molecular weight is 1910 g/mol. The smallest absolute Gasteiger partial charge is 0.265 e. The van der Waals surface area contributed by atoms with E-state index in [0.29, 0.717) is 38.5 Å². The molecule has 5 atom stereocenters. The highest BCUT2D eigenvalue weighted by atomic mass is 16.2. The van der Waals surface area contributed by atoms with E-state index >= 15 is 0 Å². The third-order valence-corrected chi connectivity index (χ3v) is 25.9. The second-order valence-corrected chi connectivity index (χ2v) is 35.8. The first-order valence-corrected chi connectivity index (χ1v) is 48.6. The summed E-state index contributed by atoms with van der Waals surface area (Å²) in [5.74, 6) is 3.91. The van der Waals surface area contributed by atoms with Crippen molar-refractivity contribution in [1.82, 2.24) is 39.9 Å². The van der Waals surface area contributed by atoms with Crippen LogP contribution in [0.1, 0.15) is 63.0 Å². The predicted octanol–water partition coefficient (Wildman–Crippen LogP) is 20.0. The average Bonchev–Trinajstić information content (AvgIpc) is 1.61. The van der Waals surface area contributed by atoms with Gasteiger partial charge in [0.2, 0.25) is 0 Å². The SMILES string of the molecule is O=C1C(Cc2ccccc2)Nc2c(-c3ccccc3)nc(-c3ccccc3)c[n+]21.O=C1C(Cc2ccccc2)Nc2c(-c3ccccc3)nc(-c3cccnc3)c[n+]21.O=C1C(Cc2ccccc2)Nc2c(-c3ccccc3)nc(-c3ccncc3)c[n+]21.O=C1C(Cc2ccccc2)Nc2c(-c3ccncc3)nc(-c3ccccc3)c[n+]21.O=C1C(Cc2ccccc2)Nc2c(Cc3ccccc3)nc(-c3ccccc3)c[n+]21. The highest BCUT2D eigenvalue weighted by molar-refractivity contribution is 5.91. The minimum absolute atomic E-state index is 0.0218. The highest BCUT2D eigenvalue weighted by Gasteiger charge is 2.47. The number of fused-ring (bicyclic) bond motifs is 5. The molecular formula is C123H99N18O5+5. The van der Waals surface area contributed by atoms with Gasteiger partial charge in [-0.2, -0.15) is 22.8 Å². The summed E-state index contributed by atoms with van der Waals surface area (Å²) in [7, 11) is 0. The van der Waals surface area contributed by atoms with Crippen LogP contribution < -0.4 is 49.4 Å². The summed E-state index contributed by atoms with van der Waals surface area (Å²) in [4.78, 5) is 103. The van der Waals surface area contributed by atoms with Crippen molar-refractivity contribution in [2.24, 2.45) is 0 Å². The van der Waals surface area contributed by atoms with Crippen molar-refractivity contribution in [1.29, 1.82) is 0 Å². The first-order chi connectivity index (χ1) is 71.9. The molecule has 0 saturated carbocycles. The van der Waals surface area contributed by atoms with Crippen LogP contribution in [0.4, 0.5) is 29.1 Å². The molecule has 23 heteroatoms. The maximum absolute atomic E-state index is 13.3. The fourth-order valence-corrected chi connectivity index (χ4v) is 18.6. The molecule has 0 spiro atoms. The molecule has 0 radical (unpaired) electrons. The van der Waals surface area contributed by atoms with Gasteiger partial charge in [0.05, 0.1) is 0 Å². The summed E-state index contributed by atoms with van der Waals surface area (Å²) in [5.41, 5.74) is 23.1. The highest BCUT2D eigenvalue weighted by Crippen LogP contribution is 2.37. The fourth-order valence-electron chi connectivity index (χ4n) is 18.6. The second-order valence-electron chi connectivity index (χ2n) is 35.8. The van der Waals surface area contributed by atoms with Gasteiger partial charge in [-0.15, -0.1) is 0 Å². The van der Waals surface area contributed by atoms with Crippen LogP contribution in [0, 0.1) is 0 Å². The van der Waals surface area contributed by atoms with Gasteiger partial charge >= 0.3 is 58.6 Å². The van der Waals surface area contributed by atoms with Crippen LogP contribution in [-0.4, -0.2) is 99.6 Å². The predicted molar refractivity (Wildman–Crippen MR) is 565 cm³/mol. The Morgan fingerprint density at radius 2 is 0.397 bits per heavy atom. The lowest BCUT2D eigenvalue weighted by Crippen LogP contribution is -2.44. The molecule has 5 N–H and O–H groups in total. The van der Waals surface area contributed by atoms with E-state index in [2.05, 4.69) is 65.8 Å². The van der Waals surface area contributed by atoms with Crippen LogP contribution >= 0.6 is 0 Å². The number of aromatic nitrogens is 13. The van der Waals surface area contributed by atoms with Crippen LogP contribution in [0.5, 0.6) is 0 Å². The van der Waals surface area contributed by atoms with Crippen LogP contribution in [0.2, 0.25) is 0 Å². The number of rotatable bonds is 21. The number of benzene rings is 12. The van der Waals surface area contributed by atoms with Crippen LogP contribution in [0.25, 0.3) is 101 Å². The molecule has 0 saturated heterocycles. The monoisotopic (exact) mass is 1910 g/mol. The number of carbonyl (C=O) groups is 5. The number of pyridine rings is 3. The number of nitrogens with one attached hydrogen (secondary N) is 5. The quantitative estimate of drug-likeness (QED) is 0.0418. The van der Waals surface area contributed by atoms with E-state index in [0.717, 1.165) is 164 Å². The van der Waals surface area contributed by atoms with Crippen LogP contribution in [-0.2, 0) is 38.5 Å². The Kier molecular flexibility index (Phi) is 27.9. The van der Waals surface area contributed by atoms with Crippen molar-refractivity contribution in [2.45, 2.75) is 68.7 Å². The maximum atomic E-state index is 13.3. The van der Waals surface area contributed by atoms with Crippen molar-refractivity contribution in [2.75, 3.05) is 26.6 Å². The molecule has 5 aliphatic heterocycles. The van der Waals surface area contributed by atoms with Crippen LogP contribution in [0.15, 0.2) is 469 Å². The molecular weight excluding hydrogens is 1810 g/mol. The van der Waals surface area contributed by atoms with E-state index in [9.17, 15) is 24.0 Å². The van der Waals surface area contributed by atoms with E-state index in [1.807, 2.05) is 401 Å². The lowest BCUT2D eigenvalue weighted by molar-refractivity contribution is -0.553. The zero-order valence-corrected chi connectivity index (χ0v) is 79.4. The molecule has 0 aliphatic carbocycles. The zero-order valence-electron chi connectivity index (χ0n) is 79.4. The number of anilines is 5. The summed E-state index contributed by atoms with van der Waals surface area (Å²) < 4.78 is 8.59. The first-order valence-electron chi connectivity index (χ1n) is 48.6. The molecule has 706 valence electrons. The topological polar surface area (TPSA) is 268 Å². The van der Waals surface area contributed by atoms with E-state index in [-0.39, 0.29) is 59.7 Å².